The lowest BCUT2D eigenvalue weighted by Gasteiger charge is -2.08. The van der Waals surface area contributed by atoms with Crippen molar-refractivity contribution in [1.29, 1.82) is 5.26 Å². The van der Waals surface area contributed by atoms with E-state index in [-0.39, 0.29) is 0 Å². The third-order valence-corrected chi connectivity index (χ3v) is 7.49. The summed E-state index contributed by atoms with van der Waals surface area (Å²) < 4.78 is 6.21. The predicted molar refractivity (Wildman–Crippen MR) is 166 cm³/mol. The molecule has 41 heavy (non-hydrogen) atoms. The van der Waals surface area contributed by atoms with E-state index in [0.717, 1.165) is 66.4 Å². The van der Waals surface area contributed by atoms with Gasteiger partial charge in [0.15, 0.2) is 5.69 Å². The Kier molecular flexibility index (Phi) is 5.90. The van der Waals surface area contributed by atoms with Gasteiger partial charge in [-0.1, -0.05) is 78.9 Å². The standard InChI is InChI=1S/C38H22N2O/c1-40-34-13-5-12-31(21-34)28-9-4-11-30(20-28)33-15-17-38-36(23-33)35-22-32(14-16-37(35)41-38)29-10-3-8-27(19-29)26-7-2-6-25(18-26)24-39/h2-23H. The molecular formula is C38H22N2O. The molecule has 7 aromatic rings. The molecule has 0 unspecified atom stereocenters. The first-order valence-corrected chi connectivity index (χ1v) is 13.3. The zero-order valence-electron chi connectivity index (χ0n) is 22.0. The summed E-state index contributed by atoms with van der Waals surface area (Å²) in [5, 5.41) is 11.5. The van der Waals surface area contributed by atoms with E-state index in [4.69, 9.17) is 11.0 Å². The van der Waals surface area contributed by atoms with Crippen LogP contribution < -0.4 is 0 Å². The van der Waals surface area contributed by atoms with Crippen LogP contribution in [0, 0.1) is 17.9 Å². The highest BCUT2D eigenvalue weighted by molar-refractivity contribution is 6.07. The molecule has 0 bridgehead atoms. The van der Waals surface area contributed by atoms with Crippen LogP contribution in [0.15, 0.2) is 138 Å². The Balaban J connectivity index is 1.29. The van der Waals surface area contributed by atoms with Crippen molar-refractivity contribution >= 4 is 27.6 Å². The van der Waals surface area contributed by atoms with Crippen LogP contribution in [-0.2, 0) is 0 Å². The fourth-order valence-corrected chi connectivity index (χ4v) is 5.42. The highest BCUT2D eigenvalue weighted by atomic mass is 16.3. The maximum Gasteiger partial charge on any atom is 0.187 e. The Labute approximate surface area is 238 Å². The minimum atomic E-state index is 0.635. The van der Waals surface area contributed by atoms with Gasteiger partial charge in [0.1, 0.15) is 11.2 Å². The second kappa shape index (κ2) is 10.0. The maximum absolute atomic E-state index is 9.32. The van der Waals surface area contributed by atoms with Crippen molar-refractivity contribution in [1.82, 2.24) is 0 Å². The van der Waals surface area contributed by atoms with Gasteiger partial charge in [-0.15, -0.1) is 0 Å². The fraction of sp³-hybridized carbons (Fsp3) is 0. The number of fused-ring (bicyclic) bond motifs is 3. The van der Waals surface area contributed by atoms with Crippen molar-refractivity contribution in [3.8, 4) is 50.6 Å². The van der Waals surface area contributed by atoms with Crippen molar-refractivity contribution in [2.24, 2.45) is 0 Å². The number of hydrogen-bond acceptors (Lipinski definition) is 2. The molecule has 7 rings (SSSR count). The third kappa shape index (κ3) is 4.53. The monoisotopic (exact) mass is 522 g/mol. The van der Waals surface area contributed by atoms with Gasteiger partial charge in [0, 0.05) is 10.8 Å². The summed E-state index contributed by atoms with van der Waals surface area (Å²) in [5.74, 6) is 0. The third-order valence-electron chi connectivity index (χ3n) is 7.49. The van der Waals surface area contributed by atoms with Crippen molar-refractivity contribution in [3.63, 3.8) is 0 Å². The first-order chi connectivity index (χ1) is 20.2. The zero-order chi connectivity index (χ0) is 27.8. The molecule has 0 aliphatic heterocycles. The molecule has 190 valence electrons. The number of furan rings is 1. The molecule has 0 aliphatic rings. The van der Waals surface area contributed by atoms with E-state index in [9.17, 15) is 5.26 Å². The quantitative estimate of drug-likeness (QED) is 0.216. The Morgan fingerprint density at radius 3 is 1.44 bits per heavy atom. The van der Waals surface area contributed by atoms with E-state index in [2.05, 4.69) is 83.7 Å². The van der Waals surface area contributed by atoms with E-state index < -0.39 is 0 Å². The molecule has 0 spiro atoms. The van der Waals surface area contributed by atoms with Gasteiger partial charge in [-0.2, -0.15) is 5.26 Å². The smallest absolute Gasteiger partial charge is 0.187 e. The van der Waals surface area contributed by atoms with E-state index in [0.29, 0.717) is 11.3 Å². The lowest BCUT2D eigenvalue weighted by Crippen LogP contribution is -1.83. The maximum atomic E-state index is 9.32. The van der Waals surface area contributed by atoms with Crippen LogP contribution in [0.1, 0.15) is 5.56 Å². The van der Waals surface area contributed by atoms with Crippen molar-refractivity contribution in [2.75, 3.05) is 0 Å². The molecule has 0 N–H and O–H groups in total. The van der Waals surface area contributed by atoms with Gasteiger partial charge >= 0.3 is 0 Å². The van der Waals surface area contributed by atoms with Gasteiger partial charge < -0.3 is 4.42 Å². The molecule has 6 aromatic carbocycles. The van der Waals surface area contributed by atoms with Gasteiger partial charge in [0.05, 0.1) is 18.2 Å². The minimum absolute atomic E-state index is 0.635. The van der Waals surface area contributed by atoms with Gasteiger partial charge in [-0.05, 0) is 99.1 Å². The van der Waals surface area contributed by atoms with E-state index in [1.165, 1.54) is 0 Å². The molecule has 3 nitrogen and oxygen atoms in total. The largest absolute Gasteiger partial charge is 0.456 e. The lowest BCUT2D eigenvalue weighted by molar-refractivity contribution is 0.669. The SMILES string of the molecule is [C-]#[N+]c1cccc(-c2cccc(-c3ccc4oc5ccc(-c6cccc(-c7cccc(C#N)c7)c6)cc5c4c3)c2)c1. The van der Waals surface area contributed by atoms with Crippen LogP contribution in [0.5, 0.6) is 0 Å². The Bertz CT molecular complexity index is 2030. The van der Waals surface area contributed by atoms with Gasteiger partial charge in [-0.3, -0.25) is 0 Å². The lowest BCUT2D eigenvalue weighted by atomic mass is 9.96. The molecule has 0 saturated carbocycles. The number of nitriles is 1. The Morgan fingerprint density at radius 2 is 0.927 bits per heavy atom. The molecule has 1 heterocycles. The summed E-state index contributed by atoms with van der Waals surface area (Å²) in [6, 6.07) is 47.1. The molecule has 1 aromatic heterocycles. The zero-order valence-corrected chi connectivity index (χ0v) is 22.0. The van der Waals surface area contributed by atoms with Gasteiger partial charge in [0.2, 0.25) is 0 Å². The van der Waals surface area contributed by atoms with Crippen LogP contribution >= 0.6 is 0 Å². The number of hydrogen-bond donors (Lipinski definition) is 0. The van der Waals surface area contributed by atoms with Crippen LogP contribution in [0.2, 0.25) is 0 Å². The summed E-state index contributed by atoms with van der Waals surface area (Å²) in [6.07, 6.45) is 0. The molecule has 0 amide bonds. The fourth-order valence-electron chi connectivity index (χ4n) is 5.42. The molecule has 0 fully saturated rings. The number of nitrogens with zero attached hydrogens (tertiary/aromatic N) is 2. The van der Waals surface area contributed by atoms with Crippen LogP contribution in [0.4, 0.5) is 5.69 Å². The molecule has 0 radical (unpaired) electrons. The van der Waals surface area contributed by atoms with E-state index in [1.54, 1.807) is 0 Å². The number of rotatable bonds is 4. The van der Waals surface area contributed by atoms with E-state index >= 15 is 0 Å². The molecule has 0 saturated heterocycles. The van der Waals surface area contributed by atoms with Crippen molar-refractivity contribution in [3.05, 3.63) is 150 Å². The van der Waals surface area contributed by atoms with E-state index in [1.807, 2.05) is 60.7 Å². The summed E-state index contributed by atoms with van der Waals surface area (Å²) >= 11 is 0. The molecule has 0 aliphatic carbocycles. The second-order valence-corrected chi connectivity index (χ2v) is 10.0. The first-order valence-electron chi connectivity index (χ1n) is 13.3. The summed E-state index contributed by atoms with van der Waals surface area (Å²) in [5.41, 5.74) is 11.6. The van der Waals surface area contributed by atoms with Crippen molar-refractivity contribution in [2.45, 2.75) is 0 Å². The Morgan fingerprint density at radius 1 is 0.488 bits per heavy atom. The molecular weight excluding hydrogens is 500 g/mol. The normalized spacial score (nSPS) is 10.9. The van der Waals surface area contributed by atoms with Crippen molar-refractivity contribution < 1.29 is 4.42 Å². The summed E-state index contributed by atoms with van der Waals surface area (Å²) in [7, 11) is 0. The highest BCUT2D eigenvalue weighted by Gasteiger charge is 2.12. The molecule has 3 heteroatoms. The minimum Gasteiger partial charge on any atom is -0.456 e. The topological polar surface area (TPSA) is 41.3 Å². The summed E-state index contributed by atoms with van der Waals surface area (Å²) in [6.45, 7) is 7.35. The Hall–Kier alpha value is -5.90. The number of benzene rings is 6. The first kappa shape index (κ1) is 24.2. The highest BCUT2D eigenvalue weighted by Crippen LogP contribution is 2.37. The van der Waals surface area contributed by atoms with Crippen LogP contribution in [0.3, 0.4) is 0 Å². The average molecular weight is 523 g/mol. The van der Waals surface area contributed by atoms with Gasteiger partial charge in [-0.25, -0.2) is 4.85 Å². The summed E-state index contributed by atoms with van der Waals surface area (Å²) in [4.78, 5) is 3.58. The van der Waals surface area contributed by atoms with Crippen LogP contribution in [0.25, 0.3) is 71.3 Å². The van der Waals surface area contributed by atoms with Crippen LogP contribution in [-0.4, -0.2) is 0 Å². The van der Waals surface area contributed by atoms with Gasteiger partial charge in [0.25, 0.3) is 0 Å². The second-order valence-electron chi connectivity index (χ2n) is 10.0. The predicted octanol–water partition coefficient (Wildman–Crippen LogP) is 10.7. The average Bonchev–Trinajstić information content (AvgIpc) is 3.42. The molecule has 0 atom stereocenters.